The van der Waals surface area contributed by atoms with Gasteiger partial charge in [0.2, 0.25) is 15.9 Å². The van der Waals surface area contributed by atoms with Crippen molar-refractivity contribution in [3.63, 3.8) is 0 Å². The van der Waals surface area contributed by atoms with Gasteiger partial charge < -0.3 is 10.1 Å². The fraction of sp³-hybridized carbons (Fsp3) is 0.417. The second kappa shape index (κ2) is 5.68. The maximum absolute atomic E-state index is 12.4. The Morgan fingerprint density at radius 2 is 2.00 bits per heavy atom. The van der Waals surface area contributed by atoms with Crippen LogP contribution in [0.25, 0.3) is 0 Å². The summed E-state index contributed by atoms with van der Waals surface area (Å²) >= 11 is 0. The van der Waals surface area contributed by atoms with Gasteiger partial charge in [0.15, 0.2) is 0 Å². The van der Waals surface area contributed by atoms with E-state index in [2.05, 4.69) is 5.32 Å². The quantitative estimate of drug-likeness (QED) is 0.885. The van der Waals surface area contributed by atoms with Gasteiger partial charge in [0.05, 0.1) is 18.1 Å². The number of benzene rings is 1. The van der Waals surface area contributed by atoms with E-state index in [-0.39, 0.29) is 10.8 Å². The van der Waals surface area contributed by atoms with E-state index in [4.69, 9.17) is 4.74 Å². The van der Waals surface area contributed by atoms with Crippen LogP contribution in [-0.4, -0.2) is 44.9 Å². The number of ether oxygens (including phenoxy) is 1. The highest BCUT2D eigenvalue weighted by Crippen LogP contribution is 2.20. The molecule has 0 radical (unpaired) electrons. The van der Waals surface area contributed by atoms with Crippen LogP contribution in [0.1, 0.15) is 6.92 Å². The highest BCUT2D eigenvalue weighted by Gasteiger charge is 2.26. The average molecular weight is 284 g/mol. The van der Waals surface area contributed by atoms with Crippen molar-refractivity contribution in [2.75, 3.05) is 31.6 Å². The normalized spacial score (nSPS) is 17.1. The summed E-state index contributed by atoms with van der Waals surface area (Å²) in [5.74, 6) is -0.235. The highest BCUT2D eigenvalue weighted by molar-refractivity contribution is 7.89. The van der Waals surface area contributed by atoms with Crippen molar-refractivity contribution in [2.45, 2.75) is 11.8 Å². The minimum atomic E-state index is -3.52. The zero-order valence-electron chi connectivity index (χ0n) is 10.6. The molecule has 0 aromatic heterocycles. The molecule has 0 unspecified atom stereocenters. The highest BCUT2D eigenvalue weighted by atomic mass is 32.2. The summed E-state index contributed by atoms with van der Waals surface area (Å²) in [6, 6.07) is 6.25. The molecule has 1 saturated heterocycles. The third kappa shape index (κ3) is 3.31. The van der Waals surface area contributed by atoms with Gasteiger partial charge >= 0.3 is 0 Å². The molecule has 1 aromatic carbocycles. The van der Waals surface area contributed by atoms with Gasteiger partial charge in [-0.05, 0) is 18.2 Å². The van der Waals surface area contributed by atoms with Crippen molar-refractivity contribution in [1.82, 2.24) is 4.31 Å². The standard InChI is InChI=1S/C12H16N2O4S/c1-10(15)13-11-3-2-4-12(9-11)19(16,17)14-5-7-18-8-6-14/h2-4,9H,5-8H2,1H3,(H,13,15). The van der Waals surface area contributed by atoms with Gasteiger partial charge in [0.25, 0.3) is 0 Å². The molecule has 1 amide bonds. The number of hydrogen-bond donors (Lipinski definition) is 1. The number of nitrogens with one attached hydrogen (secondary N) is 1. The van der Waals surface area contributed by atoms with Crippen LogP contribution in [0, 0.1) is 0 Å². The monoisotopic (exact) mass is 284 g/mol. The molecule has 104 valence electrons. The van der Waals surface area contributed by atoms with Crippen LogP contribution >= 0.6 is 0 Å². The van der Waals surface area contributed by atoms with Crippen LogP contribution in [0.5, 0.6) is 0 Å². The zero-order valence-corrected chi connectivity index (χ0v) is 11.4. The topological polar surface area (TPSA) is 75.7 Å². The van der Waals surface area contributed by atoms with Crippen LogP contribution in [0.2, 0.25) is 0 Å². The summed E-state index contributed by atoms with van der Waals surface area (Å²) < 4.78 is 31.3. The second-order valence-corrected chi connectivity index (χ2v) is 6.16. The summed E-state index contributed by atoms with van der Waals surface area (Å²) in [6.07, 6.45) is 0. The van der Waals surface area contributed by atoms with Crippen LogP contribution in [0.4, 0.5) is 5.69 Å². The third-order valence-corrected chi connectivity index (χ3v) is 4.66. The molecule has 0 atom stereocenters. The zero-order chi connectivity index (χ0) is 13.9. The molecule has 1 aliphatic heterocycles. The Bertz CT molecular complexity index is 565. The first-order valence-corrected chi connectivity index (χ1v) is 7.40. The minimum Gasteiger partial charge on any atom is -0.379 e. The SMILES string of the molecule is CC(=O)Nc1cccc(S(=O)(=O)N2CCOCC2)c1. The second-order valence-electron chi connectivity index (χ2n) is 4.23. The number of carbonyl (C=O) groups excluding carboxylic acids is 1. The number of hydrogen-bond acceptors (Lipinski definition) is 4. The summed E-state index contributed by atoms with van der Waals surface area (Å²) in [5, 5.41) is 2.57. The largest absolute Gasteiger partial charge is 0.379 e. The lowest BCUT2D eigenvalue weighted by molar-refractivity contribution is -0.114. The van der Waals surface area contributed by atoms with E-state index in [1.165, 1.54) is 23.4 Å². The van der Waals surface area contributed by atoms with Gasteiger partial charge in [-0.15, -0.1) is 0 Å². The molecule has 6 nitrogen and oxygen atoms in total. The number of morpholine rings is 1. The van der Waals surface area contributed by atoms with E-state index < -0.39 is 10.0 Å². The van der Waals surface area contributed by atoms with E-state index >= 15 is 0 Å². The molecule has 7 heteroatoms. The number of carbonyl (C=O) groups is 1. The Kier molecular flexibility index (Phi) is 4.18. The van der Waals surface area contributed by atoms with Gasteiger partial charge in [0, 0.05) is 25.7 Å². The Morgan fingerprint density at radius 1 is 1.32 bits per heavy atom. The maximum atomic E-state index is 12.4. The maximum Gasteiger partial charge on any atom is 0.243 e. The van der Waals surface area contributed by atoms with Crippen molar-refractivity contribution < 1.29 is 17.9 Å². The fourth-order valence-corrected chi connectivity index (χ4v) is 3.33. The smallest absolute Gasteiger partial charge is 0.243 e. The van der Waals surface area contributed by atoms with Crippen LogP contribution in [-0.2, 0) is 19.6 Å². The average Bonchev–Trinajstić information content (AvgIpc) is 2.39. The van der Waals surface area contributed by atoms with Crippen molar-refractivity contribution in [3.05, 3.63) is 24.3 Å². The predicted molar refractivity (Wildman–Crippen MR) is 70.3 cm³/mol. The van der Waals surface area contributed by atoms with Crippen LogP contribution in [0.3, 0.4) is 0 Å². The molecule has 1 N–H and O–H groups in total. The molecule has 1 aromatic rings. The van der Waals surface area contributed by atoms with Gasteiger partial charge in [0.1, 0.15) is 0 Å². The first-order chi connectivity index (χ1) is 9.00. The number of rotatable bonds is 3. The summed E-state index contributed by atoms with van der Waals surface area (Å²) in [4.78, 5) is 11.2. The van der Waals surface area contributed by atoms with Crippen molar-refractivity contribution in [1.29, 1.82) is 0 Å². The summed E-state index contributed by atoms with van der Waals surface area (Å²) in [5.41, 5.74) is 0.474. The fourth-order valence-electron chi connectivity index (χ4n) is 1.87. The number of sulfonamides is 1. The molecule has 1 fully saturated rings. The predicted octanol–water partition coefficient (Wildman–Crippen LogP) is 0.666. The number of anilines is 1. The Hall–Kier alpha value is -1.44. The summed E-state index contributed by atoms with van der Waals surface area (Å²) in [7, 11) is -3.52. The molecule has 1 heterocycles. The van der Waals surface area contributed by atoms with Crippen molar-refractivity contribution >= 4 is 21.6 Å². The minimum absolute atomic E-state index is 0.181. The first kappa shape index (κ1) is 14.0. The van der Waals surface area contributed by atoms with Crippen LogP contribution in [0.15, 0.2) is 29.2 Å². The lowest BCUT2D eigenvalue weighted by atomic mass is 10.3. The molecule has 0 aliphatic carbocycles. The molecular formula is C12H16N2O4S. The first-order valence-electron chi connectivity index (χ1n) is 5.96. The molecule has 0 bridgehead atoms. The molecule has 0 saturated carbocycles. The molecule has 19 heavy (non-hydrogen) atoms. The van der Waals surface area contributed by atoms with E-state index in [0.717, 1.165) is 0 Å². The Labute approximate surface area is 112 Å². The van der Waals surface area contributed by atoms with E-state index in [1.807, 2.05) is 0 Å². The lowest BCUT2D eigenvalue weighted by Gasteiger charge is -2.26. The molecular weight excluding hydrogens is 268 g/mol. The number of amides is 1. The van der Waals surface area contributed by atoms with E-state index in [9.17, 15) is 13.2 Å². The van der Waals surface area contributed by atoms with Gasteiger partial charge in [-0.2, -0.15) is 4.31 Å². The van der Waals surface area contributed by atoms with Crippen LogP contribution < -0.4 is 5.32 Å². The lowest BCUT2D eigenvalue weighted by Crippen LogP contribution is -2.40. The molecule has 0 spiro atoms. The Balaban J connectivity index is 2.26. The van der Waals surface area contributed by atoms with Gasteiger partial charge in [-0.3, -0.25) is 4.79 Å². The Morgan fingerprint density at radius 3 is 2.63 bits per heavy atom. The van der Waals surface area contributed by atoms with Crippen molar-refractivity contribution in [3.8, 4) is 0 Å². The molecule has 1 aliphatic rings. The van der Waals surface area contributed by atoms with Gasteiger partial charge in [-0.25, -0.2) is 8.42 Å². The summed E-state index contributed by atoms with van der Waals surface area (Å²) in [6.45, 7) is 2.90. The number of nitrogens with zero attached hydrogens (tertiary/aromatic N) is 1. The van der Waals surface area contributed by atoms with Gasteiger partial charge in [-0.1, -0.05) is 6.07 Å². The third-order valence-electron chi connectivity index (χ3n) is 2.76. The van der Waals surface area contributed by atoms with Crippen molar-refractivity contribution in [2.24, 2.45) is 0 Å². The molecule has 2 rings (SSSR count). The van der Waals surface area contributed by atoms with E-state index in [0.29, 0.717) is 32.0 Å². The van der Waals surface area contributed by atoms with E-state index in [1.54, 1.807) is 12.1 Å².